The number of aliphatic hydroxyl groups excluding tert-OH is 3. The lowest BCUT2D eigenvalue weighted by atomic mass is 10.0. The second-order valence-electron chi connectivity index (χ2n) is 4.86. The highest BCUT2D eigenvalue weighted by molar-refractivity contribution is 5.86. The van der Waals surface area contributed by atoms with Crippen LogP contribution in [0.25, 0.3) is 11.0 Å². The lowest BCUT2D eigenvalue weighted by Gasteiger charge is -2.14. The van der Waals surface area contributed by atoms with Crippen molar-refractivity contribution in [1.82, 2.24) is 19.7 Å². The van der Waals surface area contributed by atoms with Crippen molar-refractivity contribution in [1.29, 1.82) is 0 Å². The molecular weight excluding hydrogens is 250 g/mol. The monoisotopic (exact) mass is 265 g/mol. The van der Waals surface area contributed by atoms with E-state index >= 15 is 0 Å². The number of anilines is 1. The molecule has 1 aliphatic rings. The van der Waals surface area contributed by atoms with Crippen LogP contribution >= 0.6 is 0 Å². The summed E-state index contributed by atoms with van der Waals surface area (Å²) in [5.41, 5.74) is 7.43. The molecule has 4 atom stereocenters. The summed E-state index contributed by atoms with van der Waals surface area (Å²) in [4.78, 5) is 8.04. The van der Waals surface area contributed by atoms with E-state index < -0.39 is 24.2 Å². The van der Waals surface area contributed by atoms with Crippen molar-refractivity contribution in [3.05, 3.63) is 12.0 Å². The Kier molecular flexibility index (Phi) is 2.66. The molecule has 8 nitrogen and oxygen atoms in total. The van der Waals surface area contributed by atoms with Crippen molar-refractivity contribution < 1.29 is 15.3 Å². The fraction of sp³-hybridized carbons (Fsp3) is 0.545. The summed E-state index contributed by atoms with van der Waals surface area (Å²) in [6.07, 6.45) is -1.63. The number of aromatic nitrogens is 4. The number of nitrogens with two attached hydrogens (primary N) is 1. The highest BCUT2D eigenvalue weighted by atomic mass is 16.4. The van der Waals surface area contributed by atoms with E-state index in [1.165, 1.54) is 6.33 Å². The number of fused-ring (bicyclic) bond motifs is 1. The molecule has 0 saturated heterocycles. The van der Waals surface area contributed by atoms with Gasteiger partial charge >= 0.3 is 0 Å². The lowest BCUT2D eigenvalue weighted by Crippen LogP contribution is -2.30. The second-order valence-corrected chi connectivity index (χ2v) is 4.86. The van der Waals surface area contributed by atoms with Gasteiger partial charge in [-0.2, -0.15) is 5.10 Å². The molecule has 0 bridgehead atoms. The third-order valence-corrected chi connectivity index (χ3v) is 3.68. The molecule has 0 unspecified atom stereocenters. The summed E-state index contributed by atoms with van der Waals surface area (Å²) in [6.45, 7) is 0. The van der Waals surface area contributed by atoms with E-state index in [1.54, 1.807) is 11.7 Å². The van der Waals surface area contributed by atoms with Gasteiger partial charge in [0.2, 0.25) is 0 Å². The number of nitrogens with zero attached hydrogens (tertiary/aromatic N) is 4. The fourth-order valence-corrected chi connectivity index (χ4v) is 2.69. The highest BCUT2D eigenvalue weighted by Gasteiger charge is 2.43. The molecule has 5 N–H and O–H groups in total. The zero-order valence-corrected chi connectivity index (χ0v) is 10.3. The van der Waals surface area contributed by atoms with Gasteiger partial charge in [0, 0.05) is 13.0 Å². The molecule has 2 aromatic heterocycles. The minimum absolute atomic E-state index is 0.234. The zero-order chi connectivity index (χ0) is 13.7. The summed E-state index contributed by atoms with van der Waals surface area (Å²) in [5.74, 6) is -0.164. The first kappa shape index (κ1) is 12.3. The molecule has 2 aromatic rings. The van der Waals surface area contributed by atoms with Crippen LogP contribution in [0.3, 0.4) is 0 Å². The maximum absolute atomic E-state index is 9.99. The Bertz CT molecular complexity index is 628. The summed E-state index contributed by atoms with van der Waals surface area (Å²) < 4.78 is 1.55. The van der Waals surface area contributed by atoms with Crippen molar-refractivity contribution >= 4 is 16.9 Å². The van der Waals surface area contributed by atoms with E-state index in [9.17, 15) is 15.3 Å². The van der Waals surface area contributed by atoms with Crippen molar-refractivity contribution in [2.24, 2.45) is 7.05 Å². The van der Waals surface area contributed by atoms with Crippen LogP contribution in [0.1, 0.15) is 18.0 Å². The first-order chi connectivity index (χ1) is 9.00. The molecule has 0 spiro atoms. The first-order valence-corrected chi connectivity index (χ1v) is 5.98. The Morgan fingerprint density at radius 1 is 1.26 bits per heavy atom. The third kappa shape index (κ3) is 1.68. The molecule has 1 saturated carbocycles. The van der Waals surface area contributed by atoms with Crippen molar-refractivity contribution in [3.8, 4) is 0 Å². The molecule has 19 heavy (non-hydrogen) atoms. The van der Waals surface area contributed by atoms with Crippen LogP contribution in [0.5, 0.6) is 0 Å². The number of hydrogen-bond acceptors (Lipinski definition) is 7. The fourth-order valence-electron chi connectivity index (χ4n) is 2.69. The van der Waals surface area contributed by atoms with E-state index in [0.29, 0.717) is 22.5 Å². The molecule has 8 heteroatoms. The third-order valence-electron chi connectivity index (χ3n) is 3.68. The standard InChI is InChI=1S/C11H15N5O3/c1-16-8-7(13-3-14-11(8)12)6(15-16)4-2-5(17)10(19)9(4)18/h3-5,9-10,17-19H,2H2,1H3,(H2,12,13,14)/t4-,5-,9-,10+/m0/s1. The Labute approximate surface area is 108 Å². The summed E-state index contributed by atoms with van der Waals surface area (Å²) in [7, 11) is 1.71. The van der Waals surface area contributed by atoms with Gasteiger partial charge in [-0.1, -0.05) is 0 Å². The number of nitrogen functional groups attached to an aromatic ring is 1. The van der Waals surface area contributed by atoms with E-state index in [4.69, 9.17) is 5.73 Å². The van der Waals surface area contributed by atoms with E-state index in [1.807, 2.05) is 0 Å². The topological polar surface area (TPSA) is 130 Å². The van der Waals surface area contributed by atoms with Gasteiger partial charge in [-0.3, -0.25) is 4.68 Å². The average Bonchev–Trinajstić information content (AvgIpc) is 2.83. The molecule has 0 radical (unpaired) electrons. The minimum atomic E-state index is -1.17. The molecule has 0 aromatic carbocycles. The summed E-state index contributed by atoms with van der Waals surface area (Å²) in [6, 6.07) is 0. The van der Waals surface area contributed by atoms with Crippen LogP contribution < -0.4 is 5.73 Å². The van der Waals surface area contributed by atoms with Crippen LogP contribution in [-0.2, 0) is 7.05 Å². The summed E-state index contributed by atoms with van der Waals surface area (Å²) in [5, 5.41) is 33.6. The van der Waals surface area contributed by atoms with Gasteiger partial charge in [0.1, 0.15) is 23.5 Å². The van der Waals surface area contributed by atoms with Gasteiger partial charge in [0.15, 0.2) is 5.82 Å². The second kappa shape index (κ2) is 4.12. The molecule has 0 amide bonds. The minimum Gasteiger partial charge on any atom is -0.390 e. The quantitative estimate of drug-likeness (QED) is 0.494. The van der Waals surface area contributed by atoms with Gasteiger partial charge in [0.25, 0.3) is 0 Å². The van der Waals surface area contributed by atoms with Crippen LogP contribution in [0.15, 0.2) is 6.33 Å². The molecular formula is C11H15N5O3. The number of aryl methyl sites for hydroxylation is 1. The molecule has 1 fully saturated rings. The van der Waals surface area contributed by atoms with Crippen LogP contribution in [0.4, 0.5) is 5.82 Å². The molecule has 102 valence electrons. The summed E-state index contributed by atoms with van der Waals surface area (Å²) >= 11 is 0. The van der Waals surface area contributed by atoms with Gasteiger partial charge in [-0.25, -0.2) is 9.97 Å². The van der Waals surface area contributed by atoms with Gasteiger partial charge in [0.05, 0.1) is 17.9 Å². The zero-order valence-electron chi connectivity index (χ0n) is 10.3. The molecule has 2 heterocycles. The van der Waals surface area contributed by atoms with Crippen LogP contribution in [0.2, 0.25) is 0 Å². The van der Waals surface area contributed by atoms with Crippen LogP contribution in [0, 0.1) is 0 Å². The first-order valence-electron chi connectivity index (χ1n) is 5.98. The van der Waals surface area contributed by atoms with Crippen LogP contribution in [-0.4, -0.2) is 53.4 Å². The van der Waals surface area contributed by atoms with E-state index in [0.717, 1.165) is 0 Å². The lowest BCUT2D eigenvalue weighted by molar-refractivity contribution is -0.0210. The van der Waals surface area contributed by atoms with E-state index in [2.05, 4.69) is 15.1 Å². The Morgan fingerprint density at radius 3 is 2.63 bits per heavy atom. The number of rotatable bonds is 1. The maximum atomic E-state index is 9.99. The molecule has 3 rings (SSSR count). The Morgan fingerprint density at radius 2 is 2.00 bits per heavy atom. The van der Waals surface area contributed by atoms with Crippen molar-refractivity contribution in [2.75, 3.05) is 5.73 Å². The predicted octanol–water partition coefficient (Wildman–Crippen LogP) is -1.48. The van der Waals surface area contributed by atoms with Gasteiger partial charge in [-0.05, 0) is 6.42 Å². The number of hydrogen-bond donors (Lipinski definition) is 4. The highest BCUT2D eigenvalue weighted by Crippen LogP contribution is 2.37. The Hall–Kier alpha value is -1.77. The molecule has 1 aliphatic carbocycles. The average molecular weight is 265 g/mol. The molecule has 0 aliphatic heterocycles. The normalized spacial score (nSPS) is 31.2. The number of aliphatic hydroxyl groups is 3. The predicted molar refractivity (Wildman–Crippen MR) is 66.1 cm³/mol. The SMILES string of the molecule is Cn1nc([C@@H]2C[C@H](O)[C@@H](O)[C@H]2O)c2ncnc(N)c21. The van der Waals surface area contributed by atoms with Gasteiger partial charge in [-0.15, -0.1) is 0 Å². The van der Waals surface area contributed by atoms with Gasteiger partial charge < -0.3 is 21.1 Å². The smallest absolute Gasteiger partial charge is 0.153 e. The maximum Gasteiger partial charge on any atom is 0.153 e. The largest absolute Gasteiger partial charge is 0.390 e. The Balaban J connectivity index is 2.14. The van der Waals surface area contributed by atoms with Crippen molar-refractivity contribution in [3.63, 3.8) is 0 Å². The van der Waals surface area contributed by atoms with E-state index in [-0.39, 0.29) is 6.42 Å². The van der Waals surface area contributed by atoms with Crippen molar-refractivity contribution in [2.45, 2.75) is 30.7 Å².